The van der Waals surface area contributed by atoms with Crippen LogP contribution in [0.2, 0.25) is 0 Å². The highest BCUT2D eigenvalue weighted by molar-refractivity contribution is 5.81. The van der Waals surface area contributed by atoms with E-state index in [2.05, 4.69) is 54.0 Å². The fourth-order valence-electron chi connectivity index (χ4n) is 10.0. The molecular weight excluding hydrogens is 777 g/mol. The summed E-state index contributed by atoms with van der Waals surface area (Å²) >= 11 is 0. The minimum absolute atomic E-state index is 0.0423. The van der Waals surface area contributed by atoms with Crippen LogP contribution >= 0.6 is 0 Å². The Hall–Kier alpha value is -5.68. The molecule has 16 nitrogen and oxygen atoms in total. The van der Waals surface area contributed by atoms with E-state index in [1.54, 1.807) is 0 Å². The van der Waals surface area contributed by atoms with Gasteiger partial charge in [0.25, 0.3) is 0 Å². The third kappa shape index (κ3) is 8.89. The van der Waals surface area contributed by atoms with Gasteiger partial charge in [-0.25, -0.2) is 15.0 Å². The maximum atomic E-state index is 12.4. The molecule has 0 radical (unpaired) electrons. The highest BCUT2D eigenvalue weighted by atomic mass is 16.4. The average Bonchev–Trinajstić information content (AvgIpc) is 4.08. The Morgan fingerprint density at radius 3 is 1.10 bits per heavy atom. The zero-order valence-electron chi connectivity index (χ0n) is 34.1. The quantitative estimate of drug-likeness (QED) is 0.0595. The molecule has 9 rings (SSSR count). The van der Waals surface area contributed by atoms with Crippen molar-refractivity contribution < 1.29 is 29.7 Å². The molecule has 0 bridgehead atoms. The van der Waals surface area contributed by atoms with Gasteiger partial charge in [0.15, 0.2) is 0 Å². The van der Waals surface area contributed by atoms with Crippen molar-refractivity contribution in [2.75, 3.05) is 39.3 Å². The van der Waals surface area contributed by atoms with Crippen molar-refractivity contribution in [3.63, 3.8) is 0 Å². The molecule has 6 heterocycles. The molecule has 320 valence electrons. The second-order valence-electron chi connectivity index (χ2n) is 17.3. The first kappa shape index (κ1) is 40.7. The van der Waals surface area contributed by atoms with E-state index in [-0.39, 0.29) is 17.8 Å². The van der Waals surface area contributed by atoms with Crippen molar-refractivity contribution in [3.05, 3.63) is 88.8 Å². The number of benzene rings is 3. The Morgan fingerprint density at radius 1 is 0.525 bits per heavy atom. The number of carbonyl (C=O) groups is 3. The van der Waals surface area contributed by atoms with Crippen LogP contribution in [0.5, 0.6) is 0 Å². The summed E-state index contributed by atoms with van der Waals surface area (Å²) in [6.45, 7) is 5.97. The number of carboxylic acid groups (broad SMARTS) is 3. The summed E-state index contributed by atoms with van der Waals surface area (Å²) in [5.74, 6) is -1.99. The molecule has 3 aromatic carbocycles. The summed E-state index contributed by atoms with van der Waals surface area (Å²) in [5, 5.41) is 40.4. The Bertz CT molecular complexity index is 2250. The maximum absolute atomic E-state index is 12.4. The molecule has 0 spiro atoms. The van der Waals surface area contributed by atoms with E-state index in [1.807, 2.05) is 36.4 Å². The van der Waals surface area contributed by atoms with Crippen molar-refractivity contribution in [2.45, 2.75) is 58.2 Å². The molecule has 0 aliphatic carbocycles. The van der Waals surface area contributed by atoms with E-state index < -0.39 is 35.7 Å². The van der Waals surface area contributed by atoms with E-state index in [4.69, 9.17) is 15.0 Å². The van der Waals surface area contributed by atoms with Gasteiger partial charge in [-0.15, -0.1) is 0 Å². The normalized spacial score (nSPS) is 20.9. The third-order valence-electron chi connectivity index (χ3n) is 13.3. The summed E-state index contributed by atoms with van der Waals surface area (Å²) < 4.78 is 0. The number of nitrogens with zero attached hydrogens (tertiary/aromatic N) is 4. The predicted molar refractivity (Wildman–Crippen MR) is 229 cm³/mol. The first-order valence-corrected chi connectivity index (χ1v) is 21.6. The van der Waals surface area contributed by atoms with Crippen LogP contribution in [-0.4, -0.2) is 107 Å². The average molecular weight is 831 g/mol. The SMILES string of the molecule is O=C(O)[C@@H](Cc1nc2c(CN(Cc3cccc4[nH]c(C[C@H](C(=O)O)[C@H]5CCNC5)nc34)Cc3cccc4[nH]c(C[C@H](C(=O)O)[C@H]5CCNC5)nc34)cccc2[nH]1)[C@H]1CCNC1. The molecule has 3 aliphatic rings. The van der Waals surface area contributed by atoms with E-state index in [0.717, 1.165) is 88.7 Å². The number of aliphatic carboxylic acids is 3. The number of aromatic amines is 3. The summed E-state index contributed by atoms with van der Waals surface area (Å²) in [6, 6.07) is 18.1. The summed E-state index contributed by atoms with van der Waals surface area (Å²) in [4.78, 5) is 64.8. The fraction of sp³-hybridized carbons (Fsp3) is 0.467. The third-order valence-corrected chi connectivity index (χ3v) is 13.3. The Morgan fingerprint density at radius 2 is 0.836 bits per heavy atom. The summed E-state index contributed by atoms with van der Waals surface area (Å²) in [5.41, 5.74) is 7.83. The molecule has 0 amide bonds. The van der Waals surface area contributed by atoms with E-state index in [0.29, 0.717) is 76.0 Å². The second kappa shape index (κ2) is 17.7. The number of hydrogen-bond donors (Lipinski definition) is 9. The lowest BCUT2D eigenvalue weighted by atomic mass is 9.88. The predicted octanol–water partition coefficient (Wildman–Crippen LogP) is 4.08. The fourth-order valence-corrected chi connectivity index (χ4v) is 10.0. The van der Waals surface area contributed by atoms with Crippen LogP contribution in [0.4, 0.5) is 0 Å². The van der Waals surface area contributed by atoms with Crippen molar-refractivity contribution in [1.29, 1.82) is 0 Å². The van der Waals surface area contributed by atoms with Crippen LogP contribution in [0.3, 0.4) is 0 Å². The monoisotopic (exact) mass is 830 g/mol. The lowest BCUT2D eigenvalue weighted by Crippen LogP contribution is -2.27. The number of imidazole rings is 3. The van der Waals surface area contributed by atoms with Crippen molar-refractivity contribution in [1.82, 2.24) is 50.8 Å². The van der Waals surface area contributed by atoms with Crippen LogP contribution in [0, 0.1) is 35.5 Å². The van der Waals surface area contributed by atoms with Crippen LogP contribution in [0.1, 0.15) is 53.4 Å². The van der Waals surface area contributed by atoms with Gasteiger partial charge in [0.05, 0.1) is 50.9 Å². The molecule has 0 saturated carbocycles. The number of carboxylic acids is 3. The van der Waals surface area contributed by atoms with Crippen LogP contribution in [0.15, 0.2) is 54.6 Å². The van der Waals surface area contributed by atoms with Crippen molar-refractivity contribution >= 4 is 51.0 Å². The Kier molecular flexibility index (Phi) is 11.8. The van der Waals surface area contributed by atoms with Gasteiger partial charge in [-0.2, -0.15) is 0 Å². The molecule has 0 unspecified atom stereocenters. The molecule has 3 saturated heterocycles. The van der Waals surface area contributed by atoms with Gasteiger partial charge in [-0.1, -0.05) is 36.4 Å². The first-order valence-electron chi connectivity index (χ1n) is 21.6. The molecular formula is C45H54N10O6. The summed E-state index contributed by atoms with van der Waals surface area (Å²) in [6.07, 6.45) is 3.40. The Balaban J connectivity index is 1.04. The van der Waals surface area contributed by atoms with Gasteiger partial charge in [-0.05, 0) is 111 Å². The van der Waals surface area contributed by atoms with Crippen LogP contribution in [-0.2, 0) is 53.3 Å². The number of fused-ring (bicyclic) bond motifs is 3. The van der Waals surface area contributed by atoms with E-state index in [9.17, 15) is 29.7 Å². The maximum Gasteiger partial charge on any atom is 0.307 e. The number of rotatable bonds is 18. The lowest BCUT2D eigenvalue weighted by Gasteiger charge is -2.23. The molecule has 3 aromatic heterocycles. The molecule has 9 N–H and O–H groups in total. The number of H-pyrrole nitrogens is 3. The van der Waals surface area contributed by atoms with Crippen LogP contribution in [0.25, 0.3) is 33.1 Å². The second-order valence-corrected chi connectivity index (χ2v) is 17.3. The van der Waals surface area contributed by atoms with Crippen molar-refractivity contribution in [2.24, 2.45) is 35.5 Å². The standard InChI is InChI=1S/C45H54N10O6/c56-43(57)31(25-10-13-46-19-25)16-37-49-34-7-1-4-28(40(34)52-37)22-55(23-29-5-2-8-35-41(29)53-38(50-35)17-32(44(58)59)26-11-14-47-20-26)24-30-6-3-9-36-42(30)54-39(51-36)18-33(45(60)61)27-12-15-48-21-27/h1-9,25-27,31-33,46-48H,10-24H2,(H,49,52)(H,50,53)(H,51,54)(H,56,57)(H,58,59)(H,60,61)/t25-,26-,27-,31-,32-,33-/m0/s1. The number of para-hydroxylation sites is 3. The number of hydrogen-bond acceptors (Lipinski definition) is 10. The van der Waals surface area contributed by atoms with Gasteiger partial charge in [0, 0.05) is 38.9 Å². The van der Waals surface area contributed by atoms with Crippen molar-refractivity contribution in [3.8, 4) is 0 Å². The van der Waals surface area contributed by atoms with E-state index in [1.165, 1.54) is 0 Å². The largest absolute Gasteiger partial charge is 0.481 e. The summed E-state index contributed by atoms with van der Waals surface area (Å²) in [7, 11) is 0. The van der Waals surface area contributed by atoms with Gasteiger partial charge in [0.1, 0.15) is 17.5 Å². The minimum Gasteiger partial charge on any atom is -0.481 e. The minimum atomic E-state index is -0.810. The van der Waals surface area contributed by atoms with E-state index >= 15 is 0 Å². The van der Waals surface area contributed by atoms with Gasteiger partial charge in [-0.3, -0.25) is 19.3 Å². The lowest BCUT2D eigenvalue weighted by molar-refractivity contribution is -0.144. The zero-order chi connectivity index (χ0) is 42.0. The van der Waals surface area contributed by atoms with Gasteiger partial charge in [0.2, 0.25) is 0 Å². The van der Waals surface area contributed by atoms with Gasteiger partial charge < -0.3 is 46.2 Å². The number of aromatic nitrogens is 6. The first-order chi connectivity index (χ1) is 29.7. The molecule has 61 heavy (non-hydrogen) atoms. The van der Waals surface area contributed by atoms with Gasteiger partial charge >= 0.3 is 17.9 Å². The topological polar surface area (TPSA) is 237 Å². The molecule has 6 aromatic rings. The highest BCUT2D eigenvalue weighted by Gasteiger charge is 2.34. The number of nitrogens with one attached hydrogen (secondary N) is 6. The zero-order valence-corrected chi connectivity index (χ0v) is 34.1. The molecule has 16 heteroatoms. The highest BCUT2D eigenvalue weighted by Crippen LogP contribution is 2.30. The smallest absolute Gasteiger partial charge is 0.307 e. The Labute approximate surface area is 352 Å². The molecule has 3 fully saturated rings. The molecule has 3 aliphatic heterocycles. The van der Waals surface area contributed by atoms with Crippen LogP contribution < -0.4 is 16.0 Å². The molecule has 6 atom stereocenters.